The molecule has 4 aromatic rings. The number of furan rings is 1. The van der Waals surface area contributed by atoms with E-state index in [1.807, 2.05) is 16.7 Å². The van der Waals surface area contributed by atoms with Crippen LogP contribution in [0.15, 0.2) is 70.4 Å². The Morgan fingerprint density at radius 2 is 1.80 bits per heavy atom. The second-order valence-corrected chi connectivity index (χ2v) is 8.62. The lowest BCUT2D eigenvalue weighted by molar-refractivity contribution is -0.113. The first-order valence-electron chi connectivity index (χ1n) is 10.5. The number of hydrogen-bond acceptors (Lipinski definition) is 8. The quantitative estimate of drug-likeness (QED) is 0.282. The molecule has 0 bridgehead atoms. The first-order chi connectivity index (χ1) is 17.0. The number of ether oxygens (including phenoxy) is 3. The van der Waals surface area contributed by atoms with Crippen LogP contribution in [0.25, 0.3) is 0 Å². The summed E-state index contributed by atoms with van der Waals surface area (Å²) in [6, 6.07) is 15.9. The SMILES string of the molecule is COc1cc(NC(=O)CSc2nnc(COc3ccc(Cl)cc3)n2Cc2ccco2)cc(OC)c1. The zero-order valence-corrected chi connectivity index (χ0v) is 20.6. The molecule has 9 nitrogen and oxygen atoms in total. The molecule has 0 aliphatic heterocycles. The zero-order valence-electron chi connectivity index (χ0n) is 19.1. The Morgan fingerprint density at radius 3 is 2.46 bits per heavy atom. The minimum absolute atomic E-state index is 0.119. The molecule has 1 amide bonds. The maximum Gasteiger partial charge on any atom is 0.234 e. The van der Waals surface area contributed by atoms with Crippen LogP contribution < -0.4 is 19.5 Å². The van der Waals surface area contributed by atoms with Gasteiger partial charge in [0.25, 0.3) is 0 Å². The molecule has 0 saturated carbocycles. The molecule has 0 spiro atoms. The summed E-state index contributed by atoms with van der Waals surface area (Å²) in [7, 11) is 3.10. The fourth-order valence-electron chi connectivity index (χ4n) is 3.14. The van der Waals surface area contributed by atoms with Crippen LogP contribution in [0, 0.1) is 0 Å². The maximum atomic E-state index is 12.6. The van der Waals surface area contributed by atoms with Crippen LogP contribution in [-0.2, 0) is 17.9 Å². The standard InChI is InChI=1S/C24H23ClN4O5S/c1-31-20-10-17(11-21(12-20)32-2)26-23(30)15-35-24-28-27-22(29(24)13-19-4-3-9-33-19)14-34-18-7-5-16(25)6-8-18/h3-12H,13-15H2,1-2H3,(H,26,30). The van der Waals surface area contributed by atoms with Crippen LogP contribution >= 0.6 is 23.4 Å². The van der Waals surface area contributed by atoms with Crippen molar-refractivity contribution in [2.45, 2.75) is 18.3 Å². The number of methoxy groups -OCH3 is 2. The molecule has 11 heteroatoms. The van der Waals surface area contributed by atoms with Gasteiger partial charge in [-0.3, -0.25) is 9.36 Å². The summed E-state index contributed by atoms with van der Waals surface area (Å²) in [6.45, 7) is 0.585. The van der Waals surface area contributed by atoms with Gasteiger partial charge in [0.2, 0.25) is 5.91 Å². The van der Waals surface area contributed by atoms with E-state index in [4.69, 9.17) is 30.2 Å². The summed E-state index contributed by atoms with van der Waals surface area (Å²) in [4.78, 5) is 12.6. The molecule has 0 atom stereocenters. The Labute approximate surface area is 211 Å². The zero-order chi connectivity index (χ0) is 24.6. The van der Waals surface area contributed by atoms with Gasteiger partial charge < -0.3 is 23.9 Å². The van der Waals surface area contributed by atoms with Crippen LogP contribution in [0.3, 0.4) is 0 Å². The first-order valence-corrected chi connectivity index (χ1v) is 11.9. The molecule has 0 aliphatic rings. The van der Waals surface area contributed by atoms with Gasteiger partial charge in [-0.1, -0.05) is 23.4 Å². The van der Waals surface area contributed by atoms with Crippen molar-refractivity contribution in [1.29, 1.82) is 0 Å². The minimum atomic E-state index is -0.211. The van der Waals surface area contributed by atoms with E-state index in [-0.39, 0.29) is 18.3 Å². The maximum absolute atomic E-state index is 12.6. The molecule has 0 radical (unpaired) electrons. The molecule has 2 aromatic heterocycles. The number of amides is 1. The molecule has 2 heterocycles. The van der Waals surface area contributed by atoms with E-state index in [1.54, 1.807) is 62.9 Å². The van der Waals surface area contributed by atoms with Gasteiger partial charge in [-0.15, -0.1) is 10.2 Å². The summed E-state index contributed by atoms with van der Waals surface area (Å²) in [6.07, 6.45) is 1.60. The summed E-state index contributed by atoms with van der Waals surface area (Å²) in [5.41, 5.74) is 0.570. The molecule has 35 heavy (non-hydrogen) atoms. The van der Waals surface area contributed by atoms with Crippen molar-refractivity contribution in [3.8, 4) is 17.2 Å². The molecule has 182 valence electrons. The topological polar surface area (TPSA) is 101 Å². The number of anilines is 1. The molecule has 0 aliphatic carbocycles. The molecule has 0 fully saturated rings. The summed E-state index contributed by atoms with van der Waals surface area (Å²) in [5, 5.41) is 12.6. The summed E-state index contributed by atoms with van der Waals surface area (Å²) < 4.78 is 23.7. The summed E-state index contributed by atoms with van der Waals surface area (Å²) in [5.74, 6) is 3.05. The first kappa shape index (κ1) is 24.5. The molecule has 1 N–H and O–H groups in total. The molecular weight excluding hydrogens is 492 g/mol. The number of thioether (sulfide) groups is 1. The van der Waals surface area contributed by atoms with E-state index in [2.05, 4.69) is 15.5 Å². The smallest absolute Gasteiger partial charge is 0.234 e. The third-order valence-electron chi connectivity index (χ3n) is 4.84. The van der Waals surface area contributed by atoms with Crippen LogP contribution in [-0.4, -0.2) is 40.6 Å². The molecular formula is C24H23ClN4O5S. The van der Waals surface area contributed by atoms with E-state index in [1.165, 1.54) is 11.8 Å². The minimum Gasteiger partial charge on any atom is -0.497 e. The van der Waals surface area contributed by atoms with Crippen LogP contribution in [0.2, 0.25) is 5.02 Å². The van der Waals surface area contributed by atoms with E-state index >= 15 is 0 Å². The molecule has 4 rings (SSSR count). The van der Waals surface area contributed by atoms with Gasteiger partial charge in [-0.05, 0) is 36.4 Å². The predicted molar refractivity (Wildman–Crippen MR) is 133 cm³/mol. The van der Waals surface area contributed by atoms with Crippen molar-refractivity contribution in [3.63, 3.8) is 0 Å². The highest BCUT2D eigenvalue weighted by Crippen LogP contribution is 2.26. The van der Waals surface area contributed by atoms with Crippen molar-refractivity contribution >= 4 is 35.0 Å². The van der Waals surface area contributed by atoms with Gasteiger partial charge in [-0.25, -0.2) is 0 Å². The van der Waals surface area contributed by atoms with E-state index < -0.39 is 0 Å². The fourth-order valence-corrected chi connectivity index (χ4v) is 4.02. The third kappa shape index (κ3) is 6.71. The average molecular weight is 515 g/mol. The molecule has 0 unspecified atom stereocenters. The Morgan fingerprint density at radius 1 is 1.06 bits per heavy atom. The predicted octanol–water partition coefficient (Wildman–Crippen LogP) is 4.90. The number of hydrogen-bond donors (Lipinski definition) is 1. The largest absolute Gasteiger partial charge is 0.497 e. The Kier molecular flexibility index (Phi) is 8.17. The summed E-state index contributed by atoms with van der Waals surface area (Å²) >= 11 is 7.20. The second kappa shape index (κ2) is 11.7. The van der Waals surface area contributed by atoms with E-state index in [0.717, 1.165) is 5.76 Å². The normalized spacial score (nSPS) is 10.7. The second-order valence-electron chi connectivity index (χ2n) is 7.25. The number of halogens is 1. The van der Waals surface area contributed by atoms with Gasteiger partial charge in [0, 0.05) is 28.9 Å². The number of carbonyl (C=O) groups is 1. The van der Waals surface area contributed by atoms with Gasteiger partial charge >= 0.3 is 0 Å². The Balaban J connectivity index is 1.44. The van der Waals surface area contributed by atoms with Crippen LogP contribution in [0.5, 0.6) is 17.2 Å². The number of aromatic nitrogens is 3. The van der Waals surface area contributed by atoms with Gasteiger partial charge in [-0.2, -0.15) is 0 Å². The van der Waals surface area contributed by atoms with Crippen molar-refractivity contribution < 1.29 is 23.4 Å². The lowest BCUT2D eigenvalue weighted by atomic mass is 10.2. The van der Waals surface area contributed by atoms with E-state index in [9.17, 15) is 4.79 Å². The van der Waals surface area contributed by atoms with Gasteiger partial charge in [0.1, 0.15) is 29.6 Å². The molecule has 2 aromatic carbocycles. The Bertz CT molecular complexity index is 1240. The average Bonchev–Trinajstić information content (AvgIpc) is 3.52. The van der Waals surface area contributed by atoms with Crippen LogP contribution in [0.1, 0.15) is 11.6 Å². The van der Waals surface area contributed by atoms with Gasteiger partial charge in [0.05, 0.1) is 32.8 Å². The van der Waals surface area contributed by atoms with Crippen molar-refractivity contribution in [2.24, 2.45) is 0 Å². The molecule has 0 saturated heterocycles. The lowest BCUT2D eigenvalue weighted by Gasteiger charge is -2.11. The van der Waals surface area contributed by atoms with Gasteiger partial charge in [0.15, 0.2) is 11.0 Å². The number of carbonyl (C=O) groups excluding carboxylic acids is 1. The highest BCUT2D eigenvalue weighted by Gasteiger charge is 2.17. The monoisotopic (exact) mass is 514 g/mol. The number of benzene rings is 2. The fraction of sp³-hybridized carbons (Fsp3) is 0.208. The number of rotatable bonds is 11. The lowest BCUT2D eigenvalue weighted by Crippen LogP contribution is -2.15. The van der Waals surface area contributed by atoms with E-state index in [0.29, 0.717) is 45.5 Å². The van der Waals surface area contributed by atoms with Crippen molar-refractivity contribution in [2.75, 3.05) is 25.3 Å². The van der Waals surface area contributed by atoms with Crippen molar-refractivity contribution in [3.05, 3.63) is 77.5 Å². The highest BCUT2D eigenvalue weighted by atomic mass is 35.5. The number of nitrogens with one attached hydrogen (secondary N) is 1. The van der Waals surface area contributed by atoms with Crippen LogP contribution in [0.4, 0.5) is 5.69 Å². The number of nitrogens with zero attached hydrogens (tertiary/aromatic N) is 3. The van der Waals surface area contributed by atoms with Crippen molar-refractivity contribution in [1.82, 2.24) is 14.8 Å². The Hall–Kier alpha value is -3.63. The highest BCUT2D eigenvalue weighted by molar-refractivity contribution is 7.99. The third-order valence-corrected chi connectivity index (χ3v) is 6.06.